The molecule has 5 heteroatoms. The van der Waals surface area contributed by atoms with Crippen LogP contribution in [0.25, 0.3) is 0 Å². The first-order chi connectivity index (χ1) is 10.3. The van der Waals surface area contributed by atoms with E-state index >= 15 is 0 Å². The molecule has 0 aliphatic heterocycles. The monoisotopic (exact) mass is 279 g/mol. The van der Waals surface area contributed by atoms with Gasteiger partial charge in [0.15, 0.2) is 0 Å². The lowest BCUT2D eigenvalue weighted by atomic mass is 10.2. The first kappa shape index (κ1) is 12.9. The summed E-state index contributed by atoms with van der Waals surface area (Å²) in [4.78, 5) is 12.3. The van der Waals surface area contributed by atoms with Crippen LogP contribution in [-0.4, -0.2) is 16.1 Å². The molecular weight excluding hydrogens is 266 g/mol. The van der Waals surface area contributed by atoms with E-state index in [0.717, 1.165) is 0 Å². The summed E-state index contributed by atoms with van der Waals surface area (Å²) in [6, 6.07) is 18.1. The molecule has 3 rings (SSSR count). The number of rotatable bonds is 4. The summed E-state index contributed by atoms with van der Waals surface area (Å²) >= 11 is 0. The topological polar surface area (TPSA) is 67.0 Å². The molecule has 0 radical (unpaired) electrons. The van der Waals surface area contributed by atoms with Crippen LogP contribution in [0, 0.1) is 0 Å². The Hall–Kier alpha value is -3.08. The number of carbonyl (C=O) groups excluding carboxylic acids is 1. The molecule has 0 aliphatic rings. The van der Waals surface area contributed by atoms with Crippen LogP contribution in [0.1, 0.15) is 10.4 Å². The molecule has 0 spiro atoms. The van der Waals surface area contributed by atoms with Crippen molar-refractivity contribution in [3.63, 3.8) is 0 Å². The van der Waals surface area contributed by atoms with Crippen LogP contribution in [0.15, 0.2) is 66.9 Å². The highest BCUT2D eigenvalue weighted by molar-refractivity contribution is 6.05. The Balaban J connectivity index is 1.84. The van der Waals surface area contributed by atoms with Gasteiger partial charge in [0.05, 0.1) is 11.8 Å². The molecule has 1 heterocycles. The van der Waals surface area contributed by atoms with Crippen LogP contribution in [0.4, 0.5) is 5.82 Å². The number of H-pyrrole nitrogens is 1. The lowest BCUT2D eigenvalue weighted by Gasteiger charge is -2.10. The van der Waals surface area contributed by atoms with E-state index in [0.29, 0.717) is 22.9 Å². The lowest BCUT2D eigenvalue weighted by molar-refractivity contribution is 0.102. The second-order valence-electron chi connectivity index (χ2n) is 4.34. The number of nitrogens with zero attached hydrogens (tertiary/aromatic N) is 1. The summed E-state index contributed by atoms with van der Waals surface area (Å²) in [6.07, 6.45) is 1.57. The normalized spacial score (nSPS) is 10.1. The number of amides is 1. The molecule has 2 aromatic carbocycles. The van der Waals surface area contributed by atoms with Crippen molar-refractivity contribution in [3.05, 3.63) is 72.4 Å². The summed E-state index contributed by atoms with van der Waals surface area (Å²) < 4.78 is 5.76. The maximum Gasteiger partial charge on any atom is 0.260 e. The number of hydrogen-bond donors (Lipinski definition) is 2. The second kappa shape index (κ2) is 5.92. The lowest BCUT2D eigenvalue weighted by Crippen LogP contribution is -2.13. The van der Waals surface area contributed by atoms with Crippen LogP contribution < -0.4 is 10.1 Å². The van der Waals surface area contributed by atoms with Gasteiger partial charge >= 0.3 is 0 Å². The molecule has 1 aromatic heterocycles. The summed E-state index contributed by atoms with van der Waals surface area (Å²) in [5, 5.41) is 9.20. The Morgan fingerprint density at radius 2 is 1.76 bits per heavy atom. The molecule has 0 aliphatic carbocycles. The van der Waals surface area contributed by atoms with Crippen molar-refractivity contribution in [3.8, 4) is 11.5 Å². The number of ether oxygens (including phenoxy) is 1. The molecule has 0 bridgehead atoms. The number of carbonyl (C=O) groups is 1. The minimum absolute atomic E-state index is 0.259. The van der Waals surface area contributed by atoms with Crippen molar-refractivity contribution >= 4 is 11.7 Å². The van der Waals surface area contributed by atoms with Crippen molar-refractivity contribution in [2.24, 2.45) is 0 Å². The van der Waals surface area contributed by atoms with E-state index in [1.807, 2.05) is 36.4 Å². The van der Waals surface area contributed by atoms with E-state index in [4.69, 9.17) is 4.74 Å². The molecule has 2 N–H and O–H groups in total. The van der Waals surface area contributed by atoms with Crippen molar-refractivity contribution in [2.75, 3.05) is 5.32 Å². The molecule has 0 fully saturated rings. The van der Waals surface area contributed by atoms with Gasteiger partial charge in [0, 0.05) is 6.07 Å². The third kappa shape index (κ3) is 3.09. The van der Waals surface area contributed by atoms with Crippen LogP contribution in [0.2, 0.25) is 0 Å². The van der Waals surface area contributed by atoms with Gasteiger partial charge in [-0.2, -0.15) is 5.10 Å². The first-order valence-corrected chi connectivity index (χ1v) is 6.45. The van der Waals surface area contributed by atoms with Crippen LogP contribution in [0.3, 0.4) is 0 Å². The summed E-state index contributed by atoms with van der Waals surface area (Å²) in [6.45, 7) is 0. The van der Waals surface area contributed by atoms with E-state index < -0.39 is 0 Å². The minimum Gasteiger partial charge on any atom is -0.457 e. The molecular formula is C16H13N3O2. The van der Waals surface area contributed by atoms with Gasteiger partial charge in [-0.3, -0.25) is 9.89 Å². The van der Waals surface area contributed by atoms with Crippen molar-refractivity contribution in [1.29, 1.82) is 0 Å². The van der Waals surface area contributed by atoms with Gasteiger partial charge < -0.3 is 10.1 Å². The molecule has 0 unspecified atom stereocenters. The highest BCUT2D eigenvalue weighted by Gasteiger charge is 2.13. The fraction of sp³-hybridized carbons (Fsp3) is 0. The predicted octanol–water partition coefficient (Wildman–Crippen LogP) is 3.45. The highest BCUT2D eigenvalue weighted by Crippen LogP contribution is 2.25. The quantitative estimate of drug-likeness (QED) is 0.768. The number of anilines is 1. The number of para-hydroxylation sites is 2. The number of nitrogens with one attached hydrogen (secondary N) is 2. The molecule has 5 nitrogen and oxygen atoms in total. The average molecular weight is 279 g/mol. The molecule has 3 aromatic rings. The van der Waals surface area contributed by atoms with E-state index in [9.17, 15) is 4.79 Å². The van der Waals surface area contributed by atoms with Gasteiger partial charge in [0.2, 0.25) is 0 Å². The van der Waals surface area contributed by atoms with Crippen molar-refractivity contribution in [2.45, 2.75) is 0 Å². The zero-order chi connectivity index (χ0) is 14.5. The molecule has 1 amide bonds. The number of hydrogen-bond acceptors (Lipinski definition) is 3. The molecule has 0 atom stereocenters. The zero-order valence-electron chi connectivity index (χ0n) is 11.1. The highest BCUT2D eigenvalue weighted by atomic mass is 16.5. The Bertz CT molecular complexity index is 724. The Morgan fingerprint density at radius 3 is 2.52 bits per heavy atom. The molecule has 21 heavy (non-hydrogen) atoms. The third-order valence-electron chi connectivity index (χ3n) is 2.85. The SMILES string of the molecule is O=C(Nc1ccn[nH]1)c1ccccc1Oc1ccccc1. The summed E-state index contributed by atoms with van der Waals surface area (Å²) in [7, 11) is 0. The third-order valence-corrected chi connectivity index (χ3v) is 2.85. The Labute approximate surface area is 121 Å². The van der Waals surface area contributed by atoms with E-state index in [1.165, 1.54) is 0 Å². The zero-order valence-corrected chi connectivity index (χ0v) is 11.1. The fourth-order valence-corrected chi connectivity index (χ4v) is 1.87. The molecule has 0 saturated heterocycles. The smallest absolute Gasteiger partial charge is 0.260 e. The first-order valence-electron chi connectivity index (χ1n) is 6.45. The van der Waals surface area contributed by atoms with Crippen LogP contribution in [0.5, 0.6) is 11.5 Å². The summed E-state index contributed by atoms with van der Waals surface area (Å²) in [5.74, 6) is 1.46. The van der Waals surface area contributed by atoms with Gasteiger partial charge in [-0.25, -0.2) is 0 Å². The van der Waals surface area contributed by atoms with Gasteiger partial charge in [-0.1, -0.05) is 30.3 Å². The molecule has 104 valence electrons. The summed E-state index contributed by atoms with van der Waals surface area (Å²) in [5.41, 5.74) is 0.455. The fourth-order valence-electron chi connectivity index (χ4n) is 1.87. The largest absolute Gasteiger partial charge is 0.457 e. The van der Waals surface area contributed by atoms with Crippen LogP contribution >= 0.6 is 0 Å². The standard InChI is InChI=1S/C16H13N3O2/c20-16(18-15-10-11-17-19-15)13-8-4-5-9-14(13)21-12-6-2-1-3-7-12/h1-11H,(H2,17,18,19,20). The average Bonchev–Trinajstić information content (AvgIpc) is 3.02. The van der Waals surface area contributed by atoms with Crippen molar-refractivity contribution in [1.82, 2.24) is 10.2 Å². The van der Waals surface area contributed by atoms with E-state index in [1.54, 1.807) is 30.5 Å². The predicted molar refractivity (Wildman–Crippen MR) is 79.5 cm³/mol. The number of benzene rings is 2. The van der Waals surface area contributed by atoms with Crippen molar-refractivity contribution < 1.29 is 9.53 Å². The number of aromatic amines is 1. The Morgan fingerprint density at radius 1 is 1.00 bits per heavy atom. The van der Waals surface area contributed by atoms with Crippen LogP contribution in [-0.2, 0) is 0 Å². The number of aromatic nitrogens is 2. The van der Waals surface area contributed by atoms with E-state index in [-0.39, 0.29) is 5.91 Å². The van der Waals surface area contributed by atoms with E-state index in [2.05, 4.69) is 15.5 Å². The maximum atomic E-state index is 12.3. The van der Waals surface area contributed by atoms with Gasteiger partial charge in [-0.15, -0.1) is 0 Å². The van der Waals surface area contributed by atoms with Gasteiger partial charge in [0.25, 0.3) is 5.91 Å². The minimum atomic E-state index is -0.259. The Kier molecular flexibility index (Phi) is 3.64. The van der Waals surface area contributed by atoms with Gasteiger partial charge in [0.1, 0.15) is 17.3 Å². The maximum absolute atomic E-state index is 12.3. The second-order valence-corrected chi connectivity index (χ2v) is 4.34. The molecule has 0 saturated carbocycles. The van der Waals surface area contributed by atoms with Gasteiger partial charge in [-0.05, 0) is 24.3 Å².